The molecule has 0 atom stereocenters. The molecule has 0 fully saturated rings. The van der Waals surface area contributed by atoms with Crippen molar-refractivity contribution in [3.05, 3.63) is 50.3 Å². The third-order valence-electron chi connectivity index (χ3n) is 2.98. The summed E-state index contributed by atoms with van der Waals surface area (Å²) in [6, 6.07) is 9.85. The second-order valence-electron chi connectivity index (χ2n) is 4.14. The number of aromatic nitrogens is 1. The Kier molecular flexibility index (Phi) is 2.76. The highest BCUT2D eigenvalue weighted by Gasteiger charge is 2.12. The number of fused-ring (bicyclic) bond motifs is 1. The van der Waals surface area contributed by atoms with Crippen LogP contribution in [0.5, 0.6) is 0 Å². The first-order chi connectivity index (χ1) is 8.66. The Morgan fingerprint density at radius 2 is 1.78 bits per heavy atom. The quantitative estimate of drug-likeness (QED) is 0.670. The minimum atomic E-state index is 0.112. The van der Waals surface area contributed by atoms with Gasteiger partial charge in [-0.05, 0) is 19.4 Å². The van der Waals surface area contributed by atoms with Crippen LogP contribution >= 0.6 is 22.7 Å². The molecular weight excluding hydrogens is 262 g/mol. The molecule has 18 heavy (non-hydrogen) atoms. The Labute approximate surface area is 113 Å². The zero-order valence-electron chi connectivity index (χ0n) is 10.1. The largest absolute Gasteiger partial charge is 0.277 e. The fourth-order valence-corrected chi connectivity index (χ4v) is 3.96. The summed E-state index contributed by atoms with van der Waals surface area (Å²) >= 11 is 2.82. The highest BCUT2D eigenvalue weighted by atomic mass is 32.1. The zero-order valence-corrected chi connectivity index (χ0v) is 11.7. The maximum absolute atomic E-state index is 12.2. The van der Waals surface area contributed by atoms with Crippen LogP contribution in [0.4, 0.5) is 0 Å². The molecule has 0 aliphatic rings. The number of hydrogen-bond acceptors (Lipinski definition) is 4. The van der Waals surface area contributed by atoms with Gasteiger partial charge in [0.15, 0.2) is 0 Å². The van der Waals surface area contributed by atoms with Gasteiger partial charge in [0, 0.05) is 10.4 Å². The molecule has 0 saturated heterocycles. The Morgan fingerprint density at radius 1 is 1.06 bits per heavy atom. The molecule has 90 valence electrons. The first-order valence-corrected chi connectivity index (χ1v) is 7.26. The van der Waals surface area contributed by atoms with E-state index >= 15 is 0 Å². The molecule has 3 aromatic rings. The van der Waals surface area contributed by atoms with E-state index in [1.807, 2.05) is 44.2 Å². The lowest BCUT2D eigenvalue weighted by molar-refractivity contribution is 1.45. The molecule has 0 N–H and O–H groups in total. The van der Waals surface area contributed by atoms with Crippen LogP contribution in [0, 0.1) is 13.8 Å². The Bertz CT molecular complexity index is 772. The van der Waals surface area contributed by atoms with Crippen molar-refractivity contribution in [2.45, 2.75) is 13.8 Å². The number of benzene rings is 1. The summed E-state index contributed by atoms with van der Waals surface area (Å²) in [5, 5.41) is 1.59. The van der Waals surface area contributed by atoms with Gasteiger partial charge in [0.2, 0.25) is 4.74 Å². The topological polar surface area (TPSA) is 30.0 Å². The van der Waals surface area contributed by atoms with Gasteiger partial charge in [-0.1, -0.05) is 41.7 Å². The third-order valence-corrected chi connectivity index (χ3v) is 5.00. The van der Waals surface area contributed by atoms with Gasteiger partial charge in [-0.2, -0.15) is 0 Å². The predicted molar refractivity (Wildman–Crippen MR) is 78.7 cm³/mol. The monoisotopic (exact) mass is 273 g/mol. The first-order valence-electron chi connectivity index (χ1n) is 5.63. The molecule has 0 spiro atoms. The molecular formula is C14H11NOS2. The van der Waals surface area contributed by atoms with Gasteiger partial charge in [0.25, 0.3) is 0 Å². The van der Waals surface area contributed by atoms with E-state index in [1.165, 1.54) is 16.2 Å². The van der Waals surface area contributed by atoms with Crippen molar-refractivity contribution < 1.29 is 0 Å². The van der Waals surface area contributed by atoms with E-state index in [-0.39, 0.29) is 4.74 Å². The average Bonchev–Trinajstić information content (AvgIpc) is 2.66. The average molecular weight is 273 g/mol. The number of rotatable bonds is 1. The fourth-order valence-electron chi connectivity index (χ4n) is 1.89. The molecule has 0 amide bonds. The second kappa shape index (κ2) is 4.30. The van der Waals surface area contributed by atoms with Crippen molar-refractivity contribution in [3.63, 3.8) is 0 Å². The lowest BCUT2D eigenvalue weighted by Crippen LogP contribution is -1.97. The van der Waals surface area contributed by atoms with E-state index in [4.69, 9.17) is 0 Å². The normalized spacial score (nSPS) is 11.0. The molecule has 3 rings (SSSR count). The van der Waals surface area contributed by atoms with Gasteiger partial charge >= 0.3 is 0 Å². The molecule has 4 heteroatoms. The van der Waals surface area contributed by atoms with Gasteiger partial charge in [0.1, 0.15) is 9.84 Å². The molecule has 0 aliphatic carbocycles. The van der Waals surface area contributed by atoms with E-state index in [9.17, 15) is 4.79 Å². The van der Waals surface area contributed by atoms with E-state index in [0.717, 1.165) is 26.4 Å². The number of aryl methyl sites for hydroxylation is 2. The number of nitrogens with zero attached hydrogens (tertiary/aromatic N) is 1. The summed E-state index contributed by atoms with van der Waals surface area (Å²) in [5.74, 6) is 0. The maximum Gasteiger partial charge on any atom is 0.244 e. The van der Waals surface area contributed by atoms with Gasteiger partial charge < -0.3 is 0 Å². The standard InChI is InChI=1S/C14H11NOS2/c1-8-9(2)17-13-11(8)14(16)18-12(15-13)10-6-4-3-5-7-10/h3-7H,1-2H3. The first kappa shape index (κ1) is 11.6. The molecule has 2 nitrogen and oxygen atoms in total. The zero-order chi connectivity index (χ0) is 12.7. The molecule has 1 aromatic carbocycles. The van der Waals surface area contributed by atoms with Crippen molar-refractivity contribution in [1.82, 2.24) is 4.98 Å². The molecule has 0 aliphatic heterocycles. The van der Waals surface area contributed by atoms with E-state index < -0.39 is 0 Å². The molecule has 0 unspecified atom stereocenters. The van der Waals surface area contributed by atoms with Crippen LogP contribution in [0.2, 0.25) is 0 Å². The van der Waals surface area contributed by atoms with Crippen molar-refractivity contribution in [1.29, 1.82) is 0 Å². The van der Waals surface area contributed by atoms with Gasteiger partial charge in [-0.15, -0.1) is 11.3 Å². The maximum atomic E-state index is 12.2. The van der Waals surface area contributed by atoms with Crippen molar-refractivity contribution >= 4 is 32.9 Å². The minimum Gasteiger partial charge on any atom is -0.277 e. The van der Waals surface area contributed by atoms with Crippen molar-refractivity contribution in [2.75, 3.05) is 0 Å². The van der Waals surface area contributed by atoms with E-state index in [2.05, 4.69) is 4.98 Å². The number of thiophene rings is 1. The Hall–Kier alpha value is -1.52. The van der Waals surface area contributed by atoms with Crippen LogP contribution < -0.4 is 4.74 Å². The summed E-state index contributed by atoms with van der Waals surface area (Å²) < 4.78 is 0.112. The van der Waals surface area contributed by atoms with E-state index in [0.29, 0.717) is 0 Å². The van der Waals surface area contributed by atoms with Crippen LogP contribution in [0.15, 0.2) is 35.1 Å². The van der Waals surface area contributed by atoms with Crippen molar-refractivity contribution in [3.8, 4) is 10.6 Å². The Balaban J connectivity index is 2.32. The molecule has 0 radical (unpaired) electrons. The van der Waals surface area contributed by atoms with Gasteiger partial charge in [0.05, 0.1) is 5.39 Å². The van der Waals surface area contributed by atoms with Crippen LogP contribution in [0.1, 0.15) is 10.4 Å². The second-order valence-corrected chi connectivity index (χ2v) is 6.30. The fraction of sp³-hybridized carbons (Fsp3) is 0.143. The van der Waals surface area contributed by atoms with Crippen LogP contribution in [-0.4, -0.2) is 4.98 Å². The predicted octanol–water partition coefficient (Wildman–Crippen LogP) is 4.00. The summed E-state index contributed by atoms with van der Waals surface area (Å²) in [6.45, 7) is 4.03. The SMILES string of the molecule is Cc1sc2nc(-c3ccccc3)sc(=O)c2c1C. The molecule has 2 heterocycles. The highest BCUT2D eigenvalue weighted by Crippen LogP contribution is 2.30. The molecule has 0 saturated carbocycles. The highest BCUT2D eigenvalue weighted by molar-refractivity contribution is 7.20. The summed E-state index contributed by atoms with van der Waals surface area (Å²) in [5.41, 5.74) is 2.08. The lowest BCUT2D eigenvalue weighted by atomic mass is 10.2. The van der Waals surface area contributed by atoms with Crippen molar-refractivity contribution in [2.24, 2.45) is 0 Å². The number of hydrogen-bond donors (Lipinski definition) is 0. The van der Waals surface area contributed by atoms with Crippen LogP contribution in [0.25, 0.3) is 20.8 Å². The molecule has 0 bridgehead atoms. The smallest absolute Gasteiger partial charge is 0.244 e. The summed E-state index contributed by atoms with van der Waals surface area (Å²) in [4.78, 5) is 18.8. The summed E-state index contributed by atoms with van der Waals surface area (Å²) in [7, 11) is 0. The van der Waals surface area contributed by atoms with E-state index in [1.54, 1.807) is 11.3 Å². The van der Waals surface area contributed by atoms with Gasteiger partial charge in [-0.3, -0.25) is 4.79 Å². The Morgan fingerprint density at radius 3 is 2.50 bits per heavy atom. The minimum absolute atomic E-state index is 0.112. The van der Waals surface area contributed by atoms with Gasteiger partial charge in [-0.25, -0.2) is 4.98 Å². The van der Waals surface area contributed by atoms with Crippen LogP contribution in [-0.2, 0) is 0 Å². The third kappa shape index (κ3) is 1.78. The molecule has 2 aromatic heterocycles. The lowest BCUT2D eigenvalue weighted by Gasteiger charge is -1.98. The summed E-state index contributed by atoms with van der Waals surface area (Å²) in [6.07, 6.45) is 0. The van der Waals surface area contributed by atoms with Crippen LogP contribution in [0.3, 0.4) is 0 Å².